The smallest absolute Gasteiger partial charge is 0.213 e. The largest absolute Gasteiger partial charge is 0.478 e. The summed E-state index contributed by atoms with van der Waals surface area (Å²) in [4.78, 5) is 5.26. The minimum Gasteiger partial charge on any atom is -0.478 e. The van der Waals surface area contributed by atoms with E-state index in [9.17, 15) is 0 Å². The maximum absolute atomic E-state index is 5.18. The van der Waals surface area contributed by atoms with Crippen LogP contribution in [0.4, 0.5) is 0 Å². The lowest BCUT2D eigenvalue weighted by molar-refractivity contribution is 0.326. The van der Waals surface area contributed by atoms with Crippen molar-refractivity contribution in [3.05, 3.63) is 18.3 Å². The zero-order valence-electron chi connectivity index (χ0n) is 6.70. The molecule has 1 heterocycles. The van der Waals surface area contributed by atoms with Gasteiger partial charge in [-0.15, -0.1) is 11.8 Å². The van der Waals surface area contributed by atoms with Crippen LogP contribution in [0.3, 0.4) is 0 Å². The second kappa shape index (κ2) is 4.23. The van der Waals surface area contributed by atoms with Gasteiger partial charge in [0.1, 0.15) is 0 Å². The third-order valence-electron chi connectivity index (χ3n) is 1.24. The molecule has 0 N–H and O–H groups in total. The average molecular weight is 169 g/mol. The Morgan fingerprint density at radius 2 is 2.36 bits per heavy atom. The molecular weight excluding hydrogens is 158 g/mol. The first-order valence-electron chi connectivity index (χ1n) is 3.49. The van der Waals surface area contributed by atoms with E-state index in [1.807, 2.05) is 31.5 Å². The number of thioether (sulfide) groups is 1. The first-order valence-corrected chi connectivity index (χ1v) is 4.72. The molecule has 1 rings (SSSR count). The summed E-state index contributed by atoms with van der Waals surface area (Å²) < 4.78 is 5.18. The molecule has 1 aromatic rings. The van der Waals surface area contributed by atoms with E-state index < -0.39 is 0 Å². The molecule has 0 aliphatic rings. The first kappa shape index (κ1) is 8.40. The molecule has 0 amide bonds. The summed E-state index contributed by atoms with van der Waals surface area (Å²) in [6.07, 6.45) is 3.84. The predicted molar refractivity (Wildman–Crippen MR) is 47.2 cm³/mol. The van der Waals surface area contributed by atoms with Crippen molar-refractivity contribution >= 4 is 11.8 Å². The molecule has 60 valence electrons. The third kappa shape index (κ3) is 2.42. The van der Waals surface area contributed by atoms with E-state index in [0.29, 0.717) is 12.5 Å². The summed E-state index contributed by atoms with van der Waals surface area (Å²) in [5.74, 6) is 0.699. The number of ether oxygens (including phenoxy) is 1. The summed E-state index contributed by atoms with van der Waals surface area (Å²) in [6, 6.07) is 3.89. The van der Waals surface area contributed by atoms with Gasteiger partial charge in [-0.1, -0.05) is 0 Å². The van der Waals surface area contributed by atoms with Gasteiger partial charge in [0.05, 0.1) is 6.61 Å². The van der Waals surface area contributed by atoms with Crippen molar-refractivity contribution in [1.29, 1.82) is 0 Å². The first-order chi connectivity index (χ1) is 5.36. The molecule has 3 heteroatoms. The van der Waals surface area contributed by atoms with Gasteiger partial charge in [-0.2, -0.15) is 0 Å². The third-order valence-corrected chi connectivity index (χ3v) is 1.95. The summed E-state index contributed by atoms with van der Waals surface area (Å²) in [7, 11) is 0. The number of nitrogens with zero attached hydrogens (tertiary/aromatic N) is 1. The van der Waals surface area contributed by atoms with Crippen LogP contribution in [0.2, 0.25) is 0 Å². The molecule has 0 spiro atoms. The summed E-state index contributed by atoms with van der Waals surface area (Å²) >= 11 is 1.68. The van der Waals surface area contributed by atoms with Crippen molar-refractivity contribution in [1.82, 2.24) is 4.98 Å². The monoisotopic (exact) mass is 169 g/mol. The number of rotatable bonds is 3. The van der Waals surface area contributed by atoms with Crippen molar-refractivity contribution < 1.29 is 4.74 Å². The minimum atomic E-state index is 0.672. The van der Waals surface area contributed by atoms with Gasteiger partial charge >= 0.3 is 0 Å². The fourth-order valence-electron chi connectivity index (χ4n) is 0.721. The van der Waals surface area contributed by atoms with Crippen LogP contribution in [-0.4, -0.2) is 17.8 Å². The fourth-order valence-corrected chi connectivity index (χ4v) is 1.08. The summed E-state index contributed by atoms with van der Waals surface area (Å²) in [6.45, 7) is 2.62. The van der Waals surface area contributed by atoms with Gasteiger partial charge in [-0.25, -0.2) is 4.98 Å². The topological polar surface area (TPSA) is 22.1 Å². The van der Waals surface area contributed by atoms with Crippen LogP contribution in [0.25, 0.3) is 0 Å². The number of hydrogen-bond acceptors (Lipinski definition) is 3. The highest BCUT2D eigenvalue weighted by Gasteiger charge is 1.92. The van der Waals surface area contributed by atoms with Crippen LogP contribution < -0.4 is 4.74 Å². The van der Waals surface area contributed by atoms with Crippen LogP contribution in [0.5, 0.6) is 5.88 Å². The molecule has 0 fully saturated rings. The standard InChI is InChI=1S/C8H11NOS/c1-3-10-8-5-4-7(11-2)6-9-8/h4-6H,3H2,1-2H3. The molecular formula is C8H11NOS. The molecule has 11 heavy (non-hydrogen) atoms. The van der Waals surface area contributed by atoms with E-state index in [1.54, 1.807) is 11.8 Å². The molecule has 0 atom stereocenters. The van der Waals surface area contributed by atoms with E-state index >= 15 is 0 Å². The minimum absolute atomic E-state index is 0.672. The van der Waals surface area contributed by atoms with E-state index in [0.717, 1.165) is 4.90 Å². The molecule has 0 unspecified atom stereocenters. The molecule has 0 aromatic carbocycles. The van der Waals surface area contributed by atoms with Crippen LogP contribution in [0.15, 0.2) is 23.2 Å². The maximum Gasteiger partial charge on any atom is 0.213 e. The Balaban J connectivity index is 2.66. The van der Waals surface area contributed by atoms with E-state index in [2.05, 4.69) is 4.98 Å². The second-order valence-corrected chi connectivity index (χ2v) is 2.85. The van der Waals surface area contributed by atoms with Gasteiger partial charge in [0, 0.05) is 17.2 Å². The maximum atomic E-state index is 5.18. The molecule has 0 aliphatic carbocycles. The number of pyridine rings is 1. The van der Waals surface area contributed by atoms with Crippen molar-refractivity contribution in [2.75, 3.05) is 12.9 Å². The van der Waals surface area contributed by atoms with E-state index in [1.165, 1.54) is 0 Å². The molecule has 2 nitrogen and oxygen atoms in total. The fraction of sp³-hybridized carbons (Fsp3) is 0.375. The average Bonchev–Trinajstić information content (AvgIpc) is 2.07. The van der Waals surface area contributed by atoms with Crippen molar-refractivity contribution in [2.24, 2.45) is 0 Å². The van der Waals surface area contributed by atoms with Crippen LogP contribution in [0, 0.1) is 0 Å². The van der Waals surface area contributed by atoms with Crippen molar-refractivity contribution in [3.8, 4) is 5.88 Å². The van der Waals surface area contributed by atoms with E-state index in [4.69, 9.17) is 4.74 Å². The van der Waals surface area contributed by atoms with Crippen LogP contribution in [0.1, 0.15) is 6.92 Å². The Kier molecular flexibility index (Phi) is 3.23. The van der Waals surface area contributed by atoms with Gasteiger partial charge in [0.25, 0.3) is 0 Å². The Morgan fingerprint density at radius 3 is 2.82 bits per heavy atom. The SMILES string of the molecule is CCOc1ccc(SC)cn1. The van der Waals surface area contributed by atoms with Gasteiger partial charge in [-0.05, 0) is 19.2 Å². The van der Waals surface area contributed by atoms with E-state index in [-0.39, 0.29) is 0 Å². The highest BCUT2D eigenvalue weighted by atomic mass is 32.2. The second-order valence-electron chi connectivity index (χ2n) is 1.97. The summed E-state index contributed by atoms with van der Waals surface area (Å²) in [5, 5.41) is 0. The van der Waals surface area contributed by atoms with Crippen LogP contribution in [-0.2, 0) is 0 Å². The Bertz CT molecular complexity index is 210. The predicted octanol–water partition coefficient (Wildman–Crippen LogP) is 2.20. The van der Waals surface area contributed by atoms with Crippen molar-refractivity contribution in [2.45, 2.75) is 11.8 Å². The molecule has 0 bridgehead atoms. The molecule has 0 radical (unpaired) electrons. The Hall–Kier alpha value is -0.700. The lowest BCUT2D eigenvalue weighted by Crippen LogP contribution is -1.93. The Labute approximate surface area is 71.0 Å². The molecule has 0 saturated carbocycles. The Morgan fingerprint density at radius 1 is 1.55 bits per heavy atom. The number of hydrogen-bond donors (Lipinski definition) is 0. The molecule has 1 aromatic heterocycles. The molecule has 0 saturated heterocycles. The highest BCUT2D eigenvalue weighted by molar-refractivity contribution is 7.98. The quantitative estimate of drug-likeness (QED) is 0.648. The number of aromatic nitrogens is 1. The highest BCUT2D eigenvalue weighted by Crippen LogP contribution is 2.15. The molecule has 0 aliphatic heterocycles. The van der Waals surface area contributed by atoms with Gasteiger partial charge < -0.3 is 4.74 Å². The summed E-state index contributed by atoms with van der Waals surface area (Å²) in [5.41, 5.74) is 0. The van der Waals surface area contributed by atoms with Gasteiger partial charge in [-0.3, -0.25) is 0 Å². The zero-order valence-corrected chi connectivity index (χ0v) is 7.52. The lowest BCUT2D eigenvalue weighted by Gasteiger charge is -2.00. The zero-order chi connectivity index (χ0) is 8.10. The van der Waals surface area contributed by atoms with Crippen molar-refractivity contribution in [3.63, 3.8) is 0 Å². The lowest BCUT2D eigenvalue weighted by atomic mass is 10.5. The normalized spacial score (nSPS) is 9.64. The van der Waals surface area contributed by atoms with Gasteiger partial charge in [0.15, 0.2) is 0 Å². The van der Waals surface area contributed by atoms with Crippen LogP contribution >= 0.6 is 11.8 Å². The van der Waals surface area contributed by atoms with Gasteiger partial charge in [0.2, 0.25) is 5.88 Å².